The molecule has 0 saturated heterocycles. The van der Waals surface area contributed by atoms with Gasteiger partial charge in [-0.25, -0.2) is 4.98 Å². The molecule has 3 aromatic rings. The van der Waals surface area contributed by atoms with E-state index in [-0.39, 0.29) is 28.4 Å². The molecule has 1 atom stereocenters. The molecule has 2 aromatic carbocycles. The van der Waals surface area contributed by atoms with Crippen molar-refractivity contribution in [2.24, 2.45) is 0 Å². The summed E-state index contributed by atoms with van der Waals surface area (Å²) in [6, 6.07) is 7.49. The maximum absolute atomic E-state index is 13.7. The average Bonchev–Trinajstić information content (AvgIpc) is 3.30. The standard InChI is InChI=1S/C22H16ClF9N2O2/c1-18(17-10-36-12-33-17,15-4-2-3-5-16(15)23)34(11-19(24,25)26)14-8-6-13(7-9-14)20(35,21(27,28)29)22(30,31)32/h2-10,12,35H,11H2,1H3. The molecule has 0 saturated carbocycles. The minimum atomic E-state index is -6.16. The number of benzene rings is 2. The van der Waals surface area contributed by atoms with Gasteiger partial charge in [-0.3, -0.25) is 0 Å². The van der Waals surface area contributed by atoms with Crippen LogP contribution in [0.25, 0.3) is 0 Å². The van der Waals surface area contributed by atoms with Crippen molar-refractivity contribution in [3.8, 4) is 0 Å². The van der Waals surface area contributed by atoms with E-state index in [1.54, 1.807) is 0 Å². The highest BCUT2D eigenvalue weighted by molar-refractivity contribution is 6.31. The van der Waals surface area contributed by atoms with Crippen LogP contribution in [0.3, 0.4) is 0 Å². The van der Waals surface area contributed by atoms with Gasteiger partial charge in [0.05, 0.1) is 0 Å². The molecule has 14 heteroatoms. The summed E-state index contributed by atoms with van der Waals surface area (Å²) in [7, 11) is 0. The Morgan fingerprint density at radius 3 is 1.89 bits per heavy atom. The Balaban J connectivity index is 2.24. The van der Waals surface area contributed by atoms with Gasteiger partial charge in [-0.1, -0.05) is 41.9 Å². The van der Waals surface area contributed by atoms with Gasteiger partial charge in [-0.05, 0) is 25.1 Å². The second-order valence-electron chi connectivity index (χ2n) is 7.88. The smallest absolute Gasteiger partial charge is 0.430 e. The number of oxazole rings is 1. The summed E-state index contributed by atoms with van der Waals surface area (Å²) < 4.78 is 126. The summed E-state index contributed by atoms with van der Waals surface area (Å²) in [5.74, 6) is 0. The number of anilines is 1. The van der Waals surface area contributed by atoms with Gasteiger partial charge in [0.15, 0.2) is 6.39 Å². The Bertz CT molecular complexity index is 1160. The van der Waals surface area contributed by atoms with Crippen molar-refractivity contribution in [1.29, 1.82) is 0 Å². The largest absolute Gasteiger partial charge is 0.451 e. The van der Waals surface area contributed by atoms with E-state index in [2.05, 4.69) is 4.98 Å². The van der Waals surface area contributed by atoms with Gasteiger partial charge in [0.2, 0.25) is 0 Å². The summed E-state index contributed by atoms with van der Waals surface area (Å²) in [6.45, 7) is -0.419. The van der Waals surface area contributed by atoms with E-state index in [9.17, 15) is 44.6 Å². The Labute approximate surface area is 202 Å². The topological polar surface area (TPSA) is 49.5 Å². The molecule has 196 valence electrons. The number of nitrogens with zero attached hydrogens (tertiary/aromatic N) is 2. The normalized spacial score (nSPS) is 15.0. The van der Waals surface area contributed by atoms with Gasteiger partial charge >= 0.3 is 18.5 Å². The second-order valence-corrected chi connectivity index (χ2v) is 8.29. The fourth-order valence-corrected chi connectivity index (χ4v) is 4.11. The van der Waals surface area contributed by atoms with Crippen LogP contribution in [0.15, 0.2) is 65.6 Å². The molecule has 1 unspecified atom stereocenters. The van der Waals surface area contributed by atoms with Crippen LogP contribution in [0.5, 0.6) is 0 Å². The molecule has 36 heavy (non-hydrogen) atoms. The van der Waals surface area contributed by atoms with Crippen LogP contribution in [0.4, 0.5) is 45.2 Å². The third-order valence-corrected chi connectivity index (χ3v) is 5.95. The molecule has 0 amide bonds. The predicted octanol–water partition coefficient (Wildman–Crippen LogP) is 6.97. The van der Waals surface area contributed by atoms with Gasteiger partial charge in [0, 0.05) is 21.8 Å². The zero-order valence-electron chi connectivity index (χ0n) is 18.0. The molecule has 1 N–H and O–H groups in total. The molecule has 0 radical (unpaired) electrons. The predicted molar refractivity (Wildman–Crippen MR) is 110 cm³/mol. The van der Waals surface area contributed by atoms with Crippen molar-refractivity contribution in [3.63, 3.8) is 0 Å². The van der Waals surface area contributed by atoms with E-state index in [0.717, 1.165) is 12.7 Å². The van der Waals surface area contributed by atoms with E-state index in [0.29, 0.717) is 17.0 Å². The molecule has 0 aliphatic rings. The van der Waals surface area contributed by atoms with E-state index >= 15 is 0 Å². The summed E-state index contributed by atoms with van der Waals surface area (Å²) in [4.78, 5) is 4.59. The molecule has 1 heterocycles. The van der Waals surface area contributed by atoms with Gasteiger partial charge in [0.1, 0.15) is 24.0 Å². The Morgan fingerprint density at radius 2 is 1.44 bits per heavy atom. The summed E-state index contributed by atoms with van der Waals surface area (Å²) in [5.41, 5.74) is -9.15. The third-order valence-electron chi connectivity index (χ3n) is 5.62. The number of alkyl halides is 9. The fraction of sp³-hybridized carbons (Fsp3) is 0.318. The molecule has 0 spiro atoms. The molecule has 1 aromatic heterocycles. The van der Waals surface area contributed by atoms with Crippen LogP contribution >= 0.6 is 11.6 Å². The Kier molecular flexibility index (Phi) is 7.05. The first-order chi connectivity index (χ1) is 16.4. The fourth-order valence-electron chi connectivity index (χ4n) is 3.79. The van der Waals surface area contributed by atoms with Crippen molar-refractivity contribution in [2.45, 2.75) is 36.6 Å². The third kappa shape index (κ3) is 4.85. The zero-order chi connectivity index (χ0) is 27.2. The molecule has 0 fully saturated rings. The van der Waals surface area contributed by atoms with Gasteiger partial charge in [0.25, 0.3) is 5.60 Å². The minimum Gasteiger partial charge on any atom is -0.451 e. The molecule has 0 aliphatic heterocycles. The number of aliphatic hydroxyl groups is 1. The lowest BCUT2D eigenvalue weighted by Crippen LogP contribution is -2.54. The van der Waals surface area contributed by atoms with Crippen LogP contribution in [0.1, 0.15) is 23.7 Å². The first kappa shape index (κ1) is 27.7. The highest BCUT2D eigenvalue weighted by Crippen LogP contribution is 2.50. The second kappa shape index (κ2) is 9.18. The molecule has 3 rings (SSSR count). The highest BCUT2D eigenvalue weighted by atomic mass is 35.5. The SMILES string of the molecule is CC(c1cocn1)(c1ccccc1Cl)N(CC(F)(F)F)c1ccc(C(O)(C(F)(F)F)C(F)(F)F)cc1. The zero-order valence-corrected chi connectivity index (χ0v) is 18.8. The molecule has 0 aliphatic carbocycles. The summed E-state index contributed by atoms with van der Waals surface area (Å²) in [6.07, 6.45) is -15.2. The molecular formula is C22H16ClF9N2O2. The number of halogens is 10. The lowest BCUT2D eigenvalue weighted by Gasteiger charge is -2.43. The average molecular weight is 547 g/mol. The monoisotopic (exact) mass is 546 g/mol. The Hall–Kier alpha value is -2.93. The van der Waals surface area contributed by atoms with Crippen molar-refractivity contribution in [3.05, 3.63) is 83.0 Å². The molecular weight excluding hydrogens is 531 g/mol. The van der Waals surface area contributed by atoms with Crippen LogP contribution in [-0.2, 0) is 11.1 Å². The van der Waals surface area contributed by atoms with Gasteiger partial charge < -0.3 is 14.4 Å². The molecule has 4 nitrogen and oxygen atoms in total. The number of hydrogen-bond acceptors (Lipinski definition) is 4. The first-order valence-electron chi connectivity index (χ1n) is 9.87. The van der Waals surface area contributed by atoms with Crippen molar-refractivity contribution < 1.29 is 49.0 Å². The van der Waals surface area contributed by atoms with E-state index in [1.165, 1.54) is 31.2 Å². The van der Waals surface area contributed by atoms with E-state index < -0.39 is 47.5 Å². The quantitative estimate of drug-likeness (QED) is 0.339. The first-order valence-corrected chi connectivity index (χ1v) is 10.2. The van der Waals surface area contributed by atoms with Crippen LogP contribution < -0.4 is 4.90 Å². The molecule has 0 bridgehead atoms. The maximum Gasteiger partial charge on any atom is 0.430 e. The van der Waals surface area contributed by atoms with Crippen LogP contribution in [-0.4, -0.2) is 35.2 Å². The number of rotatable bonds is 6. The van der Waals surface area contributed by atoms with Crippen LogP contribution in [0.2, 0.25) is 5.02 Å². The van der Waals surface area contributed by atoms with Crippen molar-refractivity contribution in [1.82, 2.24) is 4.98 Å². The summed E-state index contributed by atoms with van der Waals surface area (Å²) in [5, 5.41) is 9.62. The minimum absolute atomic E-state index is 0.00955. The van der Waals surface area contributed by atoms with Crippen LogP contribution in [0, 0.1) is 0 Å². The lowest BCUT2D eigenvalue weighted by atomic mass is 9.85. The van der Waals surface area contributed by atoms with E-state index in [1.807, 2.05) is 0 Å². The number of aromatic nitrogens is 1. The Morgan fingerprint density at radius 1 is 0.889 bits per heavy atom. The lowest BCUT2D eigenvalue weighted by molar-refractivity contribution is -0.376. The van der Waals surface area contributed by atoms with Gasteiger partial charge in [-0.15, -0.1) is 0 Å². The van der Waals surface area contributed by atoms with Crippen molar-refractivity contribution >= 4 is 17.3 Å². The van der Waals surface area contributed by atoms with Crippen molar-refractivity contribution in [2.75, 3.05) is 11.4 Å². The maximum atomic E-state index is 13.7. The highest BCUT2D eigenvalue weighted by Gasteiger charge is 2.71. The van der Waals surface area contributed by atoms with E-state index in [4.69, 9.17) is 16.0 Å². The summed E-state index contributed by atoms with van der Waals surface area (Å²) >= 11 is 6.26. The van der Waals surface area contributed by atoms with Gasteiger partial charge in [-0.2, -0.15) is 39.5 Å². The number of hydrogen-bond donors (Lipinski definition) is 1.